The molecule has 0 spiro atoms. The summed E-state index contributed by atoms with van der Waals surface area (Å²) in [6, 6.07) is 0. The summed E-state index contributed by atoms with van der Waals surface area (Å²) in [5.74, 6) is 4.46. The monoisotopic (exact) mass is 2040 g/mol. The first-order chi connectivity index (χ1) is 67.7. The van der Waals surface area contributed by atoms with E-state index in [1.165, 1.54) is 56.7 Å². The van der Waals surface area contributed by atoms with Gasteiger partial charge in [-0.2, -0.15) is 0 Å². The molecule has 35 heteroatoms. The zero-order valence-electron chi connectivity index (χ0n) is 85.8. The highest BCUT2D eigenvalue weighted by molar-refractivity contribution is 7.31. The average molecular weight is 2040 g/mol. The molecule has 30 nitrogen and oxygen atoms in total. The van der Waals surface area contributed by atoms with Crippen LogP contribution in [0.3, 0.4) is 0 Å². The van der Waals surface area contributed by atoms with Gasteiger partial charge in [0.15, 0.2) is 57.5 Å². The van der Waals surface area contributed by atoms with Crippen molar-refractivity contribution >= 4 is 56.7 Å². The maximum atomic E-state index is 7.42. The van der Waals surface area contributed by atoms with Crippen molar-refractivity contribution < 1.29 is 142 Å². The second-order valence-corrected chi connectivity index (χ2v) is 37.3. The normalized spacial score (nSPS) is 11.6. The second kappa shape index (κ2) is 87.1. The highest BCUT2D eigenvalue weighted by Gasteiger charge is 2.38. The van der Waals surface area contributed by atoms with Gasteiger partial charge in [0.25, 0.3) is 0 Å². The predicted molar refractivity (Wildman–Crippen MR) is 547 cm³/mol. The van der Waals surface area contributed by atoms with Crippen LogP contribution in [0.2, 0.25) is 0 Å². The molecule has 0 bridgehead atoms. The van der Waals surface area contributed by atoms with Gasteiger partial charge in [-0.15, -0.1) is 56.7 Å². The first-order valence-corrected chi connectivity index (χ1v) is 55.4. The molecule has 0 fully saturated rings. The Morgan fingerprint density at radius 2 is 0.212 bits per heavy atom. The fraction of sp³-hybridized carbons (Fsp3) is 0.804. The summed E-state index contributed by atoms with van der Waals surface area (Å²) in [5, 5.41) is 0. The Balaban J connectivity index is 2.00. The van der Waals surface area contributed by atoms with Crippen LogP contribution in [0.25, 0.3) is 39.0 Å². The van der Waals surface area contributed by atoms with Crippen LogP contribution in [0.5, 0.6) is 57.5 Å². The molecule has 0 aliphatic heterocycles. The predicted octanol–water partition coefficient (Wildman–Crippen LogP) is 21.4. The van der Waals surface area contributed by atoms with Crippen LogP contribution in [0.4, 0.5) is 0 Å². The van der Waals surface area contributed by atoms with Gasteiger partial charge in [0.1, 0.15) is 66.1 Å². The Morgan fingerprint density at radius 3 is 0.336 bits per heavy atom. The van der Waals surface area contributed by atoms with E-state index in [2.05, 4.69) is 69.2 Å². The minimum atomic E-state index is 0.0682. The average Bonchev–Trinajstić information content (AvgIpc) is 1.57. The number of rotatable bonds is 104. The minimum Gasteiger partial charge on any atom is -0.486 e. The molecule has 137 heavy (non-hydrogen) atoms. The van der Waals surface area contributed by atoms with Crippen molar-refractivity contribution in [3.63, 3.8) is 0 Å². The third kappa shape index (κ3) is 54.5. The van der Waals surface area contributed by atoms with E-state index in [0.29, 0.717) is 308 Å². The van der Waals surface area contributed by atoms with Crippen LogP contribution in [0.15, 0.2) is 0 Å². The lowest BCUT2D eigenvalue weighted by molar-refractivity contribution is 0.0323. The summed E-state index contributed by atoms with van der Waals surface area (Å²) in [6.45, 7) is 43.6. The second-order valence-electron chi connectivity index (χ2n) is 31.8. The fourth-order valence-electron chi connectivity index (χ4n) is 12.5. The molecular weight excluding hydrogens is 1870 g/mol. The molecule has 5 aromatic rings. The number of aryl methyl sites for hydroxylation is 2. The molecule has 0 aromatic carbocycles. The lowest BCUT2D eigenvalue weighted by atomic mass is 10.2. The van der Waals surface area contributed by atoms with E-state index in [4.69, 9.17) is 142 Å². The standard InChI is InChI=1S/C102H176O30S5/c1-13-23-33-103-43-53-113-63-73-123-85-83(11)133-95(87(85)125-75-65-115-55-45-105-35-25-15-3)97-89(127-77-67-117-57-47-107-37-27-17-5)91(129-79-69-119-59-49-109-39-29-19-7)99(135-97)101-93(131-81-71-121-61-51-111-41-31-21-9)94(132-82-72-122-62-52-112-42-32-22-10)102(137-101)100-92(130-80-70-120-60-50-110-40-30-20-8)90(128-78-68-118-58-48-108-38-28-18-6)98(136-100)96-88(126-76-66-116-56-46-106-36-26-16-4)86(84(12)134-96)124-74-64-114-54-44-104-34-24-14-2/h13-82H2,1-12H3. The molecule has 5 rings (SSSR count). The van der Waals surface area contributed by atoms with Gasteiger partial charge in [-0.05, 0) is 78.1 Å². The summed E-state index contributed by atoms with van der Waals surface area (Å²) in [4.78, 5) is 6.95. The first-order valence-electron chi connectivity index (χ1n) is 51.3. The maximum Gasteiger partial charge on any atom is 0.181 e. The summed E-state index contributed by atoms with van der Waals surface area (Å²) in [6.07, 6.45) is 19.8. The maximum absolute atomic E-state index is 7.42. The molecule has 0 saturated carbocycles. The van der Waals surface area contributed by atoms with Gasteiger partial charge < -0.3 is 142 Å². The van der Waals surface area contributed by atoms with Crippen molar-refractivity contribution in [2.24, 2.45) is 0 Å². The molecule has 0 amide bonds. The number of unbranched alkanes of at least 4 members (excludes halogenated alkanes) is 10. The van der Waals surface area contributed by atoms with E-state index >= 15 is 0 Å². The Morgan fingerprint density at radius 1 is 0.117 bits per heavy atom. The lowest BCUT2D eigenvalue weighted by Gasteiger charge is -2.15. The molecule has 5 aromatic heterocycles. The van der Waals surface area contributed by atoms with E-state index in [9.17, 15) is 0 Å². The topological polar surface area (TPSA) is 277 Å². The smallest absolute Gasteiger partial charge is 0.181 e. The van der Waals surface area contributed by atoms with Crippen LogP contribution in [-0.2, 0) is 94.7 Å². The van der Waals surface area contributed by atoms with Crippen LogP contribution in [-0.4, -0.2) is 330 Å². The van der Waals surface area contributed by atoms with Crippen molar-refractivity contribution in [2.45, 2.75) is 212 Å². The lowest BCUT2D eigenvalue weighted by Crippen LogP contribution is -2.14. The molecule has 0 unspecified atom stereocenters. The Hall–Kier alpha value is -4.30. The molecular formula is C102H176O30S5. The van der Waals surface area contributed by atoms with Crippen molar-refractivity contribution in [3.05, 3.63) is 9.75 Å². The van der Waals surface area contributed by atoms with Crippen LogP contribution >= 0.6 is 56.7 Å². The zero-order valence-corrected chi connectivity index (χ0v) is 89.9. The van der Waals surface area contributed by atoms with Gasteiger partial charge in [0.2, 0.25) is 0 Å². The zero-order chi connectivity index (χ0) is 97.8. The van der Waals surface area contributed by atoms with E-state index in [-0.39, 0.29) is 119 Å². The van der Waals surface area contributed by atoms with Crippen molar-refractivity contribution in [3.8, 4) is 96.5 Å². The largest absolute Gasteiger partial charge is 0.486 e. The molecule has 0 N–H and O–H groups in total. The molecule has 794 valence electrons. The number of hydrogen-bond donors (Lipinski definition) is 0. The quantitative estimate of drug-likeness (QED) is 0.0327. The molecule has 0 radical (unpaired) electrons. The van der Waals surface area contributed by atoms with E-state index < -0.39 is 0 Å². The highest BCUT2D eigenvalue weighted by Crippen LogP contribution is 2.66. The van der Waals surface area contributed by atoms with Crippen molar-refractivity contribution in [2.75, 3.05) is 330 Å². The molecule has 0 saturated heterocycles. The van der Waals surface area contributed by atoms with Crippen molar-refractivity contribution in [1.82, 2.24) is 0 Å². The van der Waals surface area contributed by atoms with Gasteiger partial charge >= 0.3 is 0 Å². The minimum absolute atomic E-state index is 0.0682. The fourth-order valence-corrected chi connectivity index (χ4v) is 18.7. The highest BCUT2D eigenvalue weighted by atomic mass is 32.1. The summed E-state index contributed by atoms with van der Waals surface area (Å²) in [7, 11) is 0. The molecule has 0 atom stereocenters. The van der Waals surface area contributed by atoms with Crippen molar-refractivity contribution in [1.29, 1.82) is 0 Å². The Bertz CT molecular complexity index is 3350. The third-order valence-electron chi connectivity index (χ3n) is 20.2. The third-order valence-corrected chi connectivity index (χ3v) is 26.4. The Kier molecular flexibility index (Phi) is 78.3. The van der Waals surface area contributed by atoms with Gasteiger partial charge in [-0.1, -0.05) is 133 Å². The summed E-state index contributed by atoms with van der Waals surface area (Å²) >= 11 is 7.39. The van der Waals surface area contributed by atoms with Crippen LogP contribution in [0.1, 0.15) is 207 Å². The van der Waals surface area contributed by atoms with Gasteiger partial charge in [0, 0.05) is 75.8 Å². The van der Waals surface area contributed by atoms with E-state index in [0.717, 1.165) is 138 Å². The van der Waals surface area contributed by atoms with Gasteiger partial charge in [0.05, 0.1) is 237 Å². The number of thiophene rings is 5. The summed E-state index contributed by atoms with van der Waals surface area (Å²) < 4.78 is 194. The molecule has 0 aliphatic rings. The molecule has 5 heterocycles. The Labute approximate surface area is 841 Å². The SMILES string of the molecule is CCCCOCCOCCOc1c(C)sc(-c2sc(-c3sc(-c4sc(-c5sc(C)c(OCCOCCOCCCC)c5OCCOCCOCCCC)c(OCCOCCOCCCC)c4OCCOCCOCCCC)c(OCCOCCOCCCC)c3OCCOCCOCCCC)c(OCCOCCOCCCC)c2OCCOCCOCCCC)c1OCCOCCOCCCC. The summed E-state index contributed by atoms with van der Waals surface area (Å²) in [5.41, 5.74) is 0. The number of hydrogen-bond acceptors (Lipinski definition) is 35. The van der Waals surface area contributed by atoms with Crippen LogP contribution < -0.4 is 47.4 Å². The van der Waals surface area contributed by atoms with Crippen LogP contribution in [0, 0.1) is 13.8 Å². The van der Waals surface area contributed by atoms with Gasteiger partial charge in [-0.25, -0.2) is 0 Å². The van der Waals surface area contributed by atoms with E-state index in [1.807, 2.05) is 13.8 Å². The number of ether oxygens (including phenoxy) is 30. The molecule has 0 aliphatic carbocycles. The first kappa shape index (κ1) is 123. The van der Waals surface area contributed by atoms with E-state index in [1.54, 1.807) is 0 Å². The van der Waals surface area contributed by atoms with Gasteiger partial charge in [-0.3, -0.25) is 0 Å².